The highest BCUT2D eigenvalue weighted by Crippen LogP contribution is 1.99. The molecule has 1 aliphatic rings. The molecule has 19 heavy (non-hydrogen) atoms. The second kappa shape index (κ2) is 7.96. The molecule has 1 saturated heterocycles. The molecule has 3 amide bonds. The van der Waals surface area contributed by atoms with Crippen LogP contribution in [0.2, 0.25) is 0 Å². The van der Waals surface area contributed by atoms with E-state index in [1.54, 1.807) is 4.90 Å². The lowest BCUT2D eigenvalue weighted by atomic mass is 10.2. The van der Waals surface area contributed by atoms with Crippen LogP contribution in [-0.4, -0.2) is 73.6 Å². The second-order valence-electron chi connectivity index (χ2n) is 4.61. The maximum atomic E-state index is 11.9. The fourth-order valence-electron chi connectivity index (χ4n) is 2.10. The molecule has 1 unspecified atom stereocenters. The van der Waals surface area contributed by atoms with Crippen molar-refractivity contribution in [3.8, 4) is 0 Å². The molecule has 1 aliphatic heterocycles. The van der Waals surface area contributed by atoms with Gasteiger partial charge in [-0.05, 0) is 13.1 Å². The van der Waals surface area contributed by atoms with Gasteiger partial charge in [-0.25, -0.2) is 4.79 Å². The van der Waals surface area contributed by atoms with Gasteiger partial charge in [0.25, 0.3) is 0 Å². The summed E-state index contributed by atoms with van der Waals surface area (Å²) in [5.41, 5.74) is 5.24. The lowest BCUT2D eigenvalue weighted by Crippen LogP contribution is -2.59. The number of hydrogen-bond acceptors (Lipinski definition) is 4. The normalized spacial score (nSPS) is 19.5. The van der Waals surface area contributed by atoms with E-state index in [1.807, 2.05) is 0 Å². The predicted molar refractivity (Wildman–Crippen MR) is 73.7 cm³/mol. The van der Waals surface area contributed by atoms with Gasteiger partial charge in [-0.3, -0.25) is 4.79 Å². The average Bonchev–Trinajstić information content (AvgIpc) is 2.43. The standard InChI is InChI=1S/C12H25N5O2/c1-3-16(4-2)7-5-15-12(19)17-8-6-14-10(9-17)11(13)18/h10,14H,3-9H2,1-2H3,(H2,13,18)(H,15,19). The average molecular weight is 271 g/mol. The van der Waals surface area contributed by atoms with Crippen LogP contribution < -0.4 is 16.4 Å². The third-order valence-electron chi connectivity index (χ3n) is 3.40. The van der Waals surface area contributed by atoms with Crippen molar-refractivity contribution in [1.29, 1.82) is 0 Å². The Kier molecular flexibility index (Phi) is 6.58. The summed E-state index contributed by atoms with van der Waals surface area (Å²) in [7, 11) is 0. The first-order chi connectivity index (χ1) is 9.08. The van der Waals surface area contributed by atoms with Crippen molar-refractivity contribution in [3.05, 3.63) is 0 Å². The zero-order valence-corrected chi connectivity index (χ0v) is 11.8. The van der Waals surface area contributed by atoms with Gasteiger partial charge in [0.15, 0.2) is 0 Å². The minimum Gasteiger partial charge on any atom is -0.368 e. The molecule has 0 aromatic carbocycles. The third-order valence-corrected chi connectivity index (χ3v) is 3.40. The van der Waals surface area contributed by atoms with Crippen LogP contribution in [0.15, 0.2) is 0 Å². The molecule has 0 aliphatic carbocycles. The van der Waals surface area contributed by atoms with Crippen molar-refractivity contribution in [2.24, 2.45) is 5.73 Å². The molecule has 0 radical (unpaired) electrons. The van der Waals surface area contributed by atoms with E-state index in [4.69, 9.17) is 5.73 Å². The summed E-state index contributed by atoms with van der Waals surface area (Å²) in [5, 5.41) is 5.87. The van der Waals surface area contributed by atoms with Crippen LogP contribution in [-0.2, 0) is 4.79 Å². The first-order valence-corrected chi connectivity index (χ1v) is 6.86. The Hall–Kier alpha value is -1.34. The van der Waals surface area contributed by atoms with E-state index in [2.05, 4.69) is 29.4 Å². The molecular weight excluding hydrogens is 246 g/mol. The molecule has 1 rings (SSSR count). The summed E-state index contributed by atoms with van der Waals surface area (Å²) in [6.45, 7) is 9.13. The van der Waals surface area contributed by atoms with E-state index in [0.29, 0.717) is 26.2 Å². The Morgan fingerprint density at radius 1 is 1.42 bits per heavy atom. The van der Waals surface area contributed by atoms with Crippen LogP contribution in [0.1, 0.15) is 13.8 Å². The number of urea groups is 1. The van der Waals surface area contributed by atoms with E-state index in [0.717, 1.165) is 19.6 Å². The van der Waals surface area contributed by atoms with Crippen LogP contribution >= 0.6 is 0 Å². The number of likely N-dealkylation sites (N-methyl/N-ethyl adjacent to an activating group) is 1. The highest BCUT2D eigenvalue weighted by atomic mass is 16.2. The van der Waals surface area contributed by atoms with Crippen molar-refractivity contribution in [2.45, 2.75) is 19.9 Å². The minimum absolute atomic E-state index is 0.125. The molecule has 0 aromatic rings. The second-order valence-corrected chi connectivity index (χ2v) is 4.61. The van der Waals surface area contributed by atoms with Crippen molar-refractivity contribution >= 4 is 11.9 Å². The van der Waals surface area contributed by atoms with Gasteiger partial charge >= 0.3 is 6.03 Å². The first-order valence-electron chi connectivity index (χ1n) is 6.86. The molecule has 7 nitrogen and oxygen atoms in total. The van der Waals surface area contributed by atoms with Crippen LogP contribution in [0, 0.1) is 0 Å². The lowest BCUT2D eigenvalue weighted by Gasteiger charge is -2.32. The highest BCUT2D eigenvalue weighted by Gasteiger charge is 2.26. The molecular formula is C12H25N5O2. The monoisotopic (exact) mass is 271 g/mol. The third kappa shape index (κ3) is 5.04. The Balaban J connectivity index is 2.31. The molecule has 110 valence electrons. The number of amides is 3. The molecule has 7 heteroatoms. The van der Waals surface area contributed by atoms with Gasteiger partial charge in [-0.2, -0.15) is 0 Å². The van der Waals surface area contributed by atoms with Crippen molar-refractivity contribution in [1.82, 2.24) is 20.4 Å². The fourth-order valence-corrected chi connectivity index (χ4v) is 2.10. The predicted octanol–water partition coefficient (Wildman–Crippen LogP) is -1.20. The Bertz CT molecular complexity index is 306. The van der Waals surface area contributed by atoms with Gasteiger partial charge in [0.2, 0.25) is 5.91 Å². The molecule has 0 bridgehead atoms. The van der Waals surface area contributed by atoms with Gasteiger partial charge in [0.1, 0.15) is 6.04 Å². The quantitative estimate of drug-likeness (QED) is 0.566. The molecule has 0 aromatic heterocycles. The molecule has 4 N–H and O–H groups in total. The number of primary amides is 1. The van der Waals surface area contributed by atoms with E-state index in [9.17, 15) is 9.59 Å². The number of nitrogens with zero attached hydrogens (tertiary/aromatic N) is 2. The van der Waals surface area contributed by atoms with E-state index in [-0.39, 0.29) is 6.03 Å². The number of rotatable bonds is 6. The fraction of sp³-hybridized carbons (Fsp3) is 0.833. The highest BCUT2D eigenvalue weighted by molar-refractivity contribution is 5.82. The molecule has 1 atom stereocenters. The number of hydrogen-bond donors (Lipinski definition) is 3. The van der Waals surface area contributed by atoms with Gasteiger partial charge in [0, 0.05) is 32.7 Å². The zero-order valence-electron chi connectivity index (χ0n) is 11.8. The topological polar surface area (TPSA) is 90.7 Å². The Morgan fingerprint density at radius 2 is 2.11 bits per heavy atom. The molecule has 1 heterocycles. The van der Waals surface area contributed by atoms with Crippen LogP contribution in [0.5, 0.6) is 0 Å². The summed E-state index contributed by atoms with van der Waals surface area (Å²) >= 11 is 0. The SMILES string of the molecule is CCN(CC)CCNC(=O)N1CCNC(C(N)=O)C1. The summed E-state index contributed by atoms with van der Waals surface area (Å²) in [4.78, 5) is 26.9. The minimum atomic E-state index is -0.442. The number of nitrogens with one attached hydrogen (secondary N) is 2. The number of carbonyl (C=O) groups excluding carboxylic acids is 2. The summed E-state index contributed by atoms with van der Waals surface area (Å²) in [5.74, 6) is -0.416. The number of piperazine rings is 1. The van der Waals surface area contributed by atoms with Crippen molar-refractivity contribution in [2.75, 3.05) is 45.8 Å². The lowest BCUT2D eigenvalue weighted by molar-refractivity contribution is -0.120. The van der Waals surface area contributed by atoms with Crippen LogP contribution in [0.3, 0.4) is 0 Å². The van der Waals surface area contributed by atoms with Crippen molar-refractivity contribution < 1.29 is 9.59 Å². The van der Waals surface area contributed by atoms with E-state index >= 15 is 0 Å². The number of carbonyl (C=O) groups is 2. The molecule has 1 fully saturated rings. The summed E-state index contributed by atoms with van der Waals surface area (Å²) in [6.07, 6.45) is 0. The molecule has 0 saturated carbocycles. The van der Waals surface area contributed by atoms with Gasteiger partial charge in [0.05, 0.1) is 0 Å². The smallest absolute Gasteiger partial charge is 0.317 e. The van der Waals surface area contributed by atoms with E-state index in [1.165, 1.54) is 0 Å². The summed E-state index contributed by atoms with van der Waals surface area (Å²) in [6, 6.07) is -0.567. The van der Waals surface area contributed by atoms with Crippen LogP contribution in [0.4, 0.5) is 4.79 Å². The maximum absolute atomic E-state index is 11.9. The Morgan fingerprint density at radius 3 is 2.68 bits per heavy atom. The van der Waals surface area contributed by atoms with Crippen LogP contribution in [0.25, 0.3) is 0 Å². The van der Waals surface area contributed by atoms with Gasteiger partial charge in [-0.15, -0.1) is 0 Å². The van der Waals surface area contributed by atoms with Gasteiger partial charge in [-0.1, -0.05) is 13.8 Å². The van der Waals surface area contributed by atoms with Crippen molar-refractivity contribution in [3.63, 3.8) is 0 Å². The maximum Gasteiger partial charge on any atom is 0.317 e. The first kappa shape index (κ1) is 15.7. The van der Waals surface area contributed by atoms with Gasteiger partial charge < -0.3 is 26.2 Å². The van der Waals surface area contributed by atoms with E-state index < -0.39 is 11.9 Å². The molecule has 0 spiro atoms. The number of nitrogens with two attached hydrogens (primary N) is 1. The largest absolute Gasteiger partial charge is 0.368 e. The summed E-state index contributed by atoms with van der Waals surface area (Å²) < 4.78 is 0. The zero-order chi connectivity index (χ0) is 14.3. The Labute approximate surface area is 114 Å².